The van der Waals surface area contributed by atoms with Gasteiger partial charge in [0.1, 0.15) is 18.7 Å². The van der Waals surface area contributed by atoms with Crippen LogP contribution in [0.25, 0.3) is 16.9 Å². The van der Waals surface area contributed by atoms with Crippen molar-refractivity contribution in [3.05, 3.63) is 46.8 Å². The number of nitrogens with zero attached hydrogens (tertiary/aromatic N) is 5. The number of rotatable bonds is 6. The Bertz CT molecular complexity index is 967. The van der Waals surface area contributed by atoms with Crippen molar-refractivity contribution in [2.75, 3.05) is 20.3 Å². The topological polar surface area (TPSA) is 104 Å². The van der Waals surface area contributed by atoms with Gasteiger partial charge in [-0.05, 0) is 18.2 Å². The lowest BCUT2D eigenvalue weighted by Crippen LogP contribution is -2.34. The molecule has 1 amide bonds. The minimum atomic E-state index is -0.505. The van der Waals surface area contributed by atoms with Crippen LogP contribution in [0, 0.1) is 5.82 Å². The predicted molar refractivity (Wildman–Crippen MR) is 85.8 cm³/mol. The van der Waals surface area contributed by atoms with Crippen LogP contribution in [0.4, 0.5) is 4.39 Å². The van der Waals surface area contributed by atoms with E-state index in [1.165, 1.54) is 36.3 Å². The van der Waals surface area contributed by atoms with Crippen LogP contribution in [0.1, 0.15) is 0 Å². The molecule has 10 heteroatoms. The van der Waals surface area contributed by atoms with Crippen LogP contribution in [0.5, 0.6) is 0 Å². The number of hydrogen-bond acceptors (Lipinski definition) is 6. The van der Waals surface area contributed by atoms with E-state index < -0.39 is 11.4 Å². The van der Waals surface area contributed by atoms with Crippen molar-refractivity contribution in [3.63, 3.8) is 0 Å². The number of aromatic nitrogens is 5. The number of methoxy groups -OCH3 is 1. The van der Waals surface area contributed by atoms with Gasteiger partial charge in [0.15, 0.2) is 11.2 Å². The van der Waals surface area contributed by atoms with Gasteiger partial charge in [-0.1, -0.05) is 11.3 Å². The first kappa shape index (κ1) is 16.7. The fourth-order valence-corrected chi connectivity index (χ4v) is 2.24. The van der Waals surface area contributed by atoms with Gasteiger partial charge in [-0.15, -0.1) is 5.10 Å². The van der Waals surface area contributed by atoms with Gasteiger partial charge in [-0.3, -0.25) is 14.2 Å². The highest BCUT2D eigenvalue weighted by Gasteiger charge is 2.15. The van der Waals surface area contributed by atoms with Gasteiger partial charge < -0.3 is 10.1 Å². The molecule has 0 aliphatic heterocycles. The van der Waals surface area contributed by atoms with Gasteiger partial charge >= 0.3 is 0 Å². The van der Waals surface area contributed by atoms with Crippen LogP contribution < -0.4 is 10.9 Å². The Morgan fingerprint density at radius 3 is 3.00 bits per heavy atom. The van der Waals surface area contributed by atoms with E-state index in [9.17, 15) is 14.0 Å². The number of nitrogens with one attached hydrogen (secondary N) is 1. The second kappa shape index (κ2) is 7.18. The van der Waals surface area contributed by atoms with E-state index in [4.69, 9.17) is 4.74 Å². The fraction of sp³-hybridized carbons (Fsp3) is 0.267. The lowest BCUT2D eigenvalue weighted by molar-refractivity contribution is -0.121. The summed E-state index contributed by atoms with van der Waals surface area (Å²) in [5, 5.41) is 10.3. The number of ether oxygens (including phenoxy) is 1. The minimum Gasteiger partial charge on any atom is -0.383 e. The monoisotopic (exact) mass is 346 g/mol. The Morgan fingerprint density at radius 2 is 2.24 bits per heavy atom. The lowest BCUT2D eigenvalue weighted by atomic mass is 10.3. The van der Waals surface area contributed by atoms with E-state index in [0.29, 0.717) is 18.8 Å². The van der Waals surface area contributed by atoms with Crippen LogP contribution in [-0.2, 0) is 16.1 Å². The van der Waals surface area contributed by atoms with Crippen molar-refractivity contribution in [2.45, 2.75) is 6.54 Å². The predicted octanol–water partition coefficient (Wildman–Crippen LogP) is -0.121. The van der Waals surface area contributed by atoms with Gasteiger partial charge in [0.25, 0.3) is 5.56 Å². The van der Waals surface area contributed by atoms with E-state index in [1.54, 1.807) is 6.07 Å². The molecule has 0 unspecified atom stereocenters. The summed E-state index contributed by atoms with van der Waals surface area (Å²) in [5.74, 6) is -0.792. The molecule has 2 heterocycles. The van der Waals surface area contributed by atoms with Crippen LogP contribution in [0.15, 0.2) is 35.4 Å². The zero-order valence-electron chi connectivity index (χ0n) is 13.3. The highest BCUT2D eigenvalue weighted by Crippen LogP contribution is 2.12. The average Bonchev–Trinajstić information content (AvgIpc) is 3.02. The van der Waals surface area contributed by atoms with Crippen LogP contribution in [-0.4, -0.2) is 50.7 Å². The summed E-state index contributed by atoms with van der Waals surface area (Å²) < 4.78 is 20.6. The molecular weight excluding hydrogens is 331 g/mol. The first-order chi connectivity index (χ1) is 12.1. The quantitative estimate of drug-likeness (QED) is 0.624. The number of carbonyl (C=O) groups is 1. The normalized spacial score (nSPS) is 11.0. The minimum absolute atomic E-state index is 0.00328. The molecule has 1 N–H and O–H groups in total. The molecule has 0 saturated carbocycles. The first-order valence-corrected chi connectivity index (χ1v) is 7.42. The molecule has 25 heavy (non-hydrogen) atoms. The smallest absolute Gasteiger partial charge is 0.284 e. The molecule has 130 valence electrons. The van der Waals surface area contributed by atoms with Crippen molar-refractivity contribution in [3.8, 4) is 5.69 Å². The molecule has 3 rings (SSSR count). The molecule has 1 aromatic carbocycles. The number of carbonyl (C=O) groups excluding carboxylic acids is 1. The zero-order valence-corrected chi connectivity index (χ0v) is 13.3. The highest BCUT2D eigenvalue weighted by molar-refractivity contribution is 5.76. The van der Waals surface area contributed by atoms with Crippen LogP contribution in [0.2, 0.25) is 0 Å². The third-order valence-corrected chi connectivity index (χ3v) is 3.42. The van der Waals surface area contributed by atoms with E-state index in [0.717, 1.165) is 4.57 Å². The Hall–Kier alpha value is -3.14. The fourth-order valence-electron chi connectivity index (χ4n) is 2.24. The number of fused-ring (bicyclic) bond motifs is 1. The van der Waals surface area contributed by atoms with Crippen molar-refractivity contribution >= 4 is 17.1 Å². The Labute approximate surface area is 141 Å². The Morgan fingerprint density at radius 1 is 1.40 bits per heavy atom. The first-order valence-electron chi connectivity index (χ1n) is 7.42. The summed E-state index contributed by atoms with van der Waals surface area (Å²) in [5.41, 5.74) is 0.0714. The molecule has 0 bridgehead atoms. The molecule has 3 aromatic rings. The summed E-state index contributed by atoms with van der Waals surface area (Å²) in [6.07, 6.45) is 1.24. The number of hydrogen-bond donors (Lipinski definition) is 1. The van der Waals surface area contributed by atoms with Crippen molar-refractivity contribution in [1.82, 2.24) is 29.9 Å². The maximum absolute atomic E-state index is 13.4. The Kier molecular flexibility index (Phi) is 4.80. The van der Waals surface area contributed by atoms with Gasteiger partial charge in [-0.2, -0.15) is 4.68 Å². The summed E-state index contributed by atoms with van der Waals surface area (Å²) in [4.78, 5) is 28.4. The lowest BCUT2D eigenvalue weighted by Gasteiger charge is -2.06. The number of benzene rings is 1. The molecular formula is C15H15FN6O3. The van der Waals surface area contributed by atoms with Crippen LogP contribution >= 0.6 is 0 Å². The van der Waals surface area contributed by atoms with Gasteiger partial charge in [-0.25, -0.2) is 9.37 Å². The van der Waals surface area contributed by atoms with Crippen molar-refractivity contribution in [1.29, 1.82) is 0 Å². The third kappa shape index (κ3) is 3.53. The standard InChI is InChI=1S/C15H15FN6O3/c1-25-6-5-17-12(23)8-21-9-18-14-13(15(21)24)19-20-22(14)11-4-2-3-10(16)7-11/h2-4,7,9H,5-6,8H2,1H3,(H,17,23). The summed E-state index contributed by atoms with van der Waals surface area (Å²) in [7, 11) is 1.52. The van der Waals surface area contributed by atoms with E-state index in [2.05, 4.69) is 20.6 Å². The maximum atomic E-state index is 13.4. The maximum Gasteiger partial charge on any atom is 0.284 e. The second-order valence-corrected chi connectivity index (χ2v) is 5.17. The molecule has 2 aromatic heterocycles. The average molecular weight is 346 g/mol. The Balaban J connectivity index is 1.89. The molecule has 0 spiro atoms. The molecule has 0 saturated heterocycles. The van der Waals surface area contributed by atoms with Gasteiger partial charge in [0.2, 0.25) is 5.91 Å². The van der Waals surface area contributed by atoms with Crippen LogP contribution in [0.3, 0.4) is 0 Å². The molecule has 0 aliphatic carbocycles. The molecule has 0 atom stereocenters. The molecule has 9 nitrogen and oxygen atoms in total. The summed E-state index contributed by atoms with van der Waals surface area (Å²) in [6, 6.07) is 5.69. The zero-order chi connectivity index (χ0) is 17.8. The van der Waals surface area contributed by atoms with Crippen molar-refractivity contribution in [2.24, 2.45) is 0 Å². The van der Waals surface area contributed by atoms with E-state index in [1.807, 2.05) is 0 Å². The molecule has 0 aliphatic rings. The second-order valence-electron chi connectivity index (χ2n) is 5.17. The van der Waals surface area contributed by atoms with Gasteiger partial charge in [0, 0.05) is 13.7 Å². The van der Waals surface area contributed by atoms with Gasteiger partial charge in [0.05, 0.1) is 12.3 Å². The van der Waals surface area contributed by atoms with E-state index >= 15 is 0 Å². The molecule has 0 radical (unpaired) electrons. The van der Waals surface area contributed by atoms with Crippen molar-refractivity contribution < 1.29 is 13.9 Å². The SMILES string of the molecule is COCCNC(=O)Cn1cnc2c(nnn2-c2cccc(F)c2)c1=O. The third-order valence-electron chi connectivity index (χ3n) is 3.42. The highest BCUT2D eigenvalue weighted by atomic mass is 19.1. The summed E-state index contributed by atoms with van der Waals surface area (Å²) >= 11 is 0. The summed E-state index contributed by atoms with van der Waals surface area (Å²) in [6.45, 7) is 0.522. The van der Waals surface area contributed by atoms with E-state index in [-0.39, 0.29) is 23.6 Å². The number of amides is 1. The number of halogens is 1. The largest absolute Gasteiger partial charge is 0.383 e. The molecule has 0 fully saturated rings.